The maximum absolute atomic E-state index is 12.6. The average Bonchev–Trinajstić information content (AvgIpc) is 2.47. The van der Waals surface area contributed by atoms with Gasteiger partial charge in [-0.2, -0.15) is 5.26 Å². The Morgan fingerprint density at radius 1 is 1.42 bits per heavy atom. The monoisotopic (exact) mass is 345 g/mol. The molecule has 0 saturated carbocycles. The van der Waals surface area contributed by atoms with Crippen molar-refractivity contribution in [3.05, 3.63) is 45.5 Å². The van der Waals surface area contributed by atoms with Crippen molar-refractivity contribution in [2.24, 2.45) is 5.92 Å². The Balaban J connectivity index is 2.33. The third-order valence-electron chi connectivity index (χ3n) is 4.42. The van der Waals surface area contributed by atoms with Gasteiger partial charge in [-0.1, -0.05) is 36.6 Å². The molecular formula is C20H24ClNO2. The van der Waals surface area contributed by atoms with Crippen molar-refractivity contribution in [3.8, 4) is 6.07 Å². The number of nitriles is 1. The van der Waals surface area contributed by atoms with E-state index in [1.807, 2.05) is 32.9 Å². The minimum Gasteiger partial charge on any atom is -0.456 e. The summed E-state index contributed by atoms with van der Waals surface area (Å²) in [6.07, 6.45) is 3.36. The van der Waals surface area contributed by atoms with Crippen LogP contribution in [-0.4, -0.2) is 11.6 Å². The van der Waals surface area contributed by atoms with Crippen LogP contribution in [0.25, 0.3) is 0 Å². The zero-order chi connectivity index (χ0) is 17.9. The van der Waals surface area contributed by atoms with E-state index in [2.05, 4.69) is 13.0 Å². The number of carbonyl (C=O) groups is 1. The number of esters is 1. The van der Waals surface area contributed by atoms with E-state index in [0.717, 1.165) is 36.0 Å². The van der Waals surface area contributed by atoms with Gasteiger partial charge in [-0.3, -0.25) is 0 Å². The number of cyclic esters (lactones) is 1. The van der Waals surface area contributed by atoms with Crippen molar-refractivity contribution in [3.63, 3.8) is 0 Å². The second-order valence-electron chi connectivity index (χ2n) is 7.14. The number of hydrogen-bond acceptors (Lipinski definition) is 3. The van der Waals surface area contributed by atoms with Crippen molar-refractivity contribution < 1.29 is 9.53 Å². The lowest BCUT2D eigenvalue weighted by atomic mass is 9.81. The van der Waals surface area contributed by atoms with E-state index in [1.54, 1.807) is 6.07 Å². The molecule has 1 aromatic carbocycles. The van der Waals surface area contributed by atoms with Crippen LogP contribution in [0.2, 0.25) is 5.02 Å². The molecule has 4 heteroatoms. The molecule has 0 amide bonds. The van der Waals surface area contributed by atoms with Crippen molar-refractivity contribution in [1.82, 2.24) is 0 Å². The SMILES string of the molecule is CCCC(Cc1ccc(Cl)c(C#N)c1)C1=C(C)CC(C)(C)OC1=O. The van der Waals surface area contributed by atoms with Gasteiger partial charge in [0, 0.05) is 12.0 Å². The number of rotatable bonds is 5. The van der Waals surface area contributed by atoms with Gasteiger partial charge in [-0.15, -0.1) is 0 Å². The Hall–Kier alpha value is -1.79. The van der Waals surface area contributed by atoms with Gasteiger partial charge in [0.05, 0.1) is 10.6 Å². The fourth-order valence-electron chi connectivity index (χ4n) is 3.53. The van der Waals surface area contributed by atoms with Crippen LogP contribution in [0.15, 0.2) is 29.3 Å². The molecule has 128 valence electrons. The number of benzene rings is 1. The van der Waals surface area contributed by atoms with E-state index in [9.17, 15) is 4.79 Å². The lowest BCUT2D eigenvalue weighted by molar-refractivity contribution is -0.154. The summed E-state index contributed by atoms with van der Waals surface area (Å²) in [5, 5.41) is 9.61. The first kappa shape index (κ1) is 18.5. The van der Waals surface area contributed by atoms with E-state index in [0.29, 0.717) is 17.0 Å². The summed E-state index contributed by atoms with van der Waals surface area (Å²) in [7, 11) is 0. The highest BCUT2D eigenvalue weighted by Gasteiger charge is 2.35. The Labute approximate surface area is 149 Å². The van der Waals surface area contributed by atoms with Gasteiger partial charge in [-0.05, 0) is 57.2 Å². The highest BCUT2D eigenvalue weighted by atomic mass is 35.5. The molecule has 0 aromatic heterocycles. The molecule has 1 heterocycles. The van der Waals surface area contributed by atoms with Crippen LogP contribution in [0.3, 0.4) is 0 Å². The summed E-state index contributed by atoms with van der Waals surface area (Å²) in [5.41, 5.74) is 2.99. The Bertz CT molecular complexity index is 713. The first-order valence-electron chi connectivity index (χ1n) is 8.39. The molecule has 1 atom stereocenters. The fraction of sp³-hybridized carbons (Fsp3) is 0.500. The minimum atomic E-state index is -0.435. The summed E-state index contributed by atoms with van der Waals surface area (Å²) in [4.78, 5) is 12.6. The van der Waals surface area contributed by atoms with E-state index >= 15 is 0 Å². The summed E-state index contributed by atoms with van der Waals surface area (Å²) in [6.45, 7) is 8.03. The van der Waals surface area contributed by atoms with E-state index in [1.165, 1.54) is 0 Å². The molecule has 0 saturated heterocycles. The maximum Gasteiger partial charge on any atom is 0.334 e. The standard InChI is InChI=1S/C20H24ClNO2/c1-5-6-15(9-14-7-8-17(21)16(10-14)12-22)18-13(2)11-20(3,4)24-19(18)23/h7-8,10,15H,5-6,9,11H2,1-4H3. The van der Waals surface area contributed by atoms with E-state index < -0.39 is 5.60 Å². The van der Waals surface area contributed by atoms with Gasteiger partial charge in [-0.25, -0.2) is 4.79 Å². The lowest BCUT2D eigenvalue weighted by Crippen LogP contribution is -2.36. The smallest absolute Gasteiger partial charge is 0.334 e. The molecular weight excluding hydrogens is 322 g/mol. The minimum absolute atomic E-state index is 0.103. The first-order valence-corrected chi connectivity index (χ1v) is 8.76. The summed E-state index contributed by atoms with van der Waals surface area (Å²) >= 11 is 6.01. The quantitative estimate of drug-likeness (QED) is 0.688. The molecule has 0 radical (unpaired) electrons. The van der Waals surface area contributed by atoms with Crippen LogP contribution in [0.5, 0.6) is 0 Å². The zero-order valence-electron chi connectivity index (χ0n) is 14.8. The number of carbonyl (C=O) groups excluding carboxylic acids is 1. The van der Waals surface area contributed by atoms with Crippen LogP contribution in [0.4, 0.5) is 0 Å². The van der Waals surface area contributed by atoms with Crippen LogP contribution in [0, 0.1) is 17.2 Å². The Morgan fingerprint density at radius 3 is 2.71 bits per heavy atom. The van der Waals surface area contributed by atoms with Crippen LogP contribution in [-0.2, 0) is 16.0 Å². The normalized spacial score (nSPS) is 18.1. The first-order chi connectivity index (χ1) is 11.3. The summed E-state index contributed by atoms with van der Waals surface area (Å²) < 4.78 is 5.62. The second-order valence-corrected chi connectivity index (χ2v) is 7.54. The van der Waals surface area contributed by atoms with Crippen LogP contribution in [0.1, 0.15) is 58.1 Å². The van der Waals surface area contributed by atoms with E-state index in [-0.39, 0.29) is 11.9 Å². The third kappa shape index (κ3) is 4.19. The van der Waals surface area contributed by atoms with Gasteiger partial charge in [0.2, 0.25) is 0 Å². The molecule has 1 aliphatic heterocycles. The third-order valence-corrected chi connectivity index (χ3v) is 4.75. The Kier molecular flexibility index (Phi) is 5.72. The van der Waals surface area contributed by atoms with Gasteiger partial charge < -0.3 is 4.74 Å². The molecule has 0 bridgehead atoms. The van der Waals surface area contributed by atoms with Crippen molar-refractivity contribution in [2.75, 3.05) is 0 Å². The molecule has 0 aliphatic carbocycles. The highest BCUT2D eigenvalue weighted by molar-refractivity contribution is 6.31. The molecule has 1 unspecified atom stereocenters. The number of ether oxygens (including phenoxy) is 1. The van der Waals surface area contributed by atoms with E-state index in [4.69, 9.17) is 21.6 Å². The predicted molar refractivity (Wildman–Crippen MR) is 95.8 cm³/mol. The van der Waals surface area contributed by atoms with Gasteiger partial charge in [0.15, 0.2) is 0 Å². The lowest BCUT2D eigenvalue weighted by Gasteiger charge is -2.34. The molecule has 3 nitrogen and oxygen atoms in total. The van der Waals surface area contributed by atoms with Crippen molar-refractivity contribution >= 4 is 17.6 Å². The molecule has 0 N–H and O–H groups in total. The average molecular weight is 346 g/mol. The van der Waals surface area contributed by atoms with Gasteiger partial charge >= 0.3 is 5.97 Å². The number of nitrogens with zero attached hydrogens (tertiary/aromatic N) is 1. The summed E-state index contributed by atoms with van der Waals surface area (Å²) in [6, 6.07) is 7.61. The molecule has 1 aliphatic rings. The largest absolute Gasteiger partial charge is 0.456 e. The molecule has 2 rings (SSSR count). The number of halogens is 1. The van der Waals surface area contributed by atoms with Gasteiger partial charge in [0.25, 0.3) is 0 Å². The fourth-order valence-corrected chi connectivity index (χ4v) is 3.69. The van der Waals surface area contributed by atoms with Gasteiger partial charge in [0.1, 0.15) is 11.7 Å². The van der Waals surface area contributed by atoms with Crippen molar-refractivity contribution in [1.29, 1.82) is 5.26 Å². The predicted octanol–water partition coefficient (Wildman–Crippen LogP) is 5.21. The van der Waals surface area contributed by atoms with Crippen LogP contribution < -0.4 is 0 Å². The second kappa shape index (κ2) is 7.40. The Morgan fingerprint density at radius 2 is 2.12 bits per heavy atom. The maximum atomic E-state index is 12.6. The highest BCUT2D eigenvalue weighted by Crippen LogP contribution is 2.36. The number of hydrogen-bond donors (Lipinski definition) is 0. The summed E-state index contributed by atoms with van der Waals surface area (Å²) in [5.74, 6) is -0.0945. The molecule has 24 heavy (non-hydrogen) atoms. The molecule has 0 fully saturated rings. The van der Waals surface area contributed by atoms with Crippen LogP contribution >= 0.6 is 11.6 Å². The zero-order valence-corrected chi connectivity index (χ0v) is 15.5. The molecule has 1 aromatic rings. The topological polar surface area (TPSA) is 50.1 Å². The molecule has 0 spiro atoms. The van der Waals surface area contributed by atoms with Crippen molar-refractivity contribution in [2.45, 2.75) is 59.0 Å².